The smallest absolute Gasteiger partial charge is 0.125 e. The molecule has 6 heteroatoms. The van der Waals surface area contributed by atoms with Crippen LogP contribution in [0.25, 0.3) is 0 Å². The number of piperidine rings is 1. The molecule has 0 amide bonds. The first-order valence-electron chi connectivity index (χ1n) is 10.1. The van der Waals surface area contributed by atoms with Crippen molar-refractivity contribution in [2.45, 2.75) is 38.3 Å². The van der Waals surface area contributed by atoms with Crippen LogP contribution in [0.3, 0.4) is 0 Å². The van der Waals surface area contributed by atoms with Crippen molar-refractivity contribution < 1.29 is 9.84 Å². The van der Waals surface area contributed by atoms with Crippen LogP contribution >= 0.6 is 0 Å². The number of rotatable bonds is 8. The number of hydrogen-bond acceptors (Lipinski definition) is 6. The van der Waals surface area contributed by atoms with E-state index in [1.807, 2.05) is 44.2 Å². The SMILES string of the molecule is Cc1nccc(C2CCN(Cc3ccc(OC[C@@H](O)CN(C)C)cc3)CC2)n1. The fourth-order valence-corrected chi connectivity index (χ4v) is 3.70. The van der Waals surface area contributed by atoms with Gasteiger partial charge in [-0.3, -0.25) is 4.90 Å². The number of aryl methyl sites for hydroxylation is 1. The molecular weight excluding hydrogens is 352 g/mol. The van der Waals surface area contributed by atoms with Gasteiger partial charge >= 0.3 is 0 Å². The molecule has 6 nitrogen and oxygen atoms in total. The van der Waals surface area contributed by atoms with Gasteiger partial charge in [-0.05, 0) is 70.7 Å². The molecule has 1 aliphatic heterocycles. The quantitative estimate of drug-likeness (QED) is 0.754. The predicted molar refractivity (Wildman–Crippen MR) is 111 cm³/mol. The highest BCUT2D eigenvalue weighted by Gasteiger charge is 2.21. The number of aliphatic hydroxyl groups excluding tert-OH is 1. The largest absolute Gasteiger partial charge is 0.491 e. The normalized spacial score (nSPS) is 17.0. The van der Waals surface area contributed by atoms with Gasteiger partial charge < -0.3 is 14.7 Å². The molecule has 2 aromatic rings. The first kappa shape index (κ1) is 20.7. The number of aliphatic hydroxyl groups is 1. The van der Waals surface area contributed by atoms with Gasteiger partial charge in [-0.25, -0.2) is 9.97 Å². The first-order valence-corrected chi connectivity index (χ1v) is 10.1. The number of ether oxygens (including phenoxy) is 1. The Morgan fingerprint density at radius 1 is 1.18 bits per heavy atom. The molecule has 152 valence electrons. The van der Waals surface area contributed by atoms with Crippen molar-refractivity contribution in [3.05, 3.63) is 53.6 Å². The molecule has 1 fully saturated rings. The van der Waals surface area contributed by atoms with Crippen molar-refractivity contribution in [2.75, 3.05) is 40.3 Å². The van der Waals surface area contributed by atoms with Gasteiger partial charge in [0.25, 0.3) is 0 Å². The molecule has 0 aliphatic carbocycles. The lowest BCUT2D eigenvalue weighted by Crippen LogP contribution is -2.32. The van der Waals surface area contributed by atoms with E-state index in [-0.39, 0.29) is 0 Å². The second-order valence-electron chi connectivity index (χ2n) is 7.95. The first-order chi connectivity index (χ1) is 13.5. The molecule has 1 N–H and O–H groups in total. The highest BCUT2D eigenvalue weighted by atomic mass is 16.5. The monoisotopic (exact) mass is 384 g/mol. The number of benzene rings is 1. The minimum absolute atomic E-state index is 0.313. The third-order valence-electron chi connectivity index (χ3n) is 5.15. The number of nitrogens with zero attached hydrogens (tertiary/aromatic N) is 4. The van der Waals surface area contributed by atoms with Gasteiger partial charge in [0.15, 0.2) is 0 Å². The van der Waals surface area contributed by atoms with E-state index < -0.39 is 6.10 Å². The van der Waals surface area contributed by atoms with Gasteiger partial charge in [-0.1, -0.05) is 12.1 Å². The van der Waals surface area contributed by atoms with Gasteiger partial charge in [-0.15, -0.1) is 0 Å². The van der Waals surface area contributed by atoms with E-state index in [1.165, 1.54) is 11.3 Å². The summed E-state index contributed by atoms with van der Waals surface area (Å²) < 4.78 is 5.68. The van der Waals surface area contributed by atoms with Crippen LogP contribution in [0, 0.1) is 6.92 Å². The van der Waals surface area contributed by atoms with E-state index in [4.69, 9.17) is 4.74 Å². The second-order valence-corrected chi connectivity index (χ2v) is 7.95. The molecule has 1 aromatic carbocycles. The summed E-state index contributed by atoms with van der Waals surface area (Å²) in [5.41, 5.74) is 2.47. The zero-order valence-electron chi connectivity index (χ0n) is 17.2. The summed E-state index contributed by atoms with van der Waals surface area (Å²) in [6.45, 7) is 6.00. The topological polar surface area (TPSA) is 61.7 Å². The summed E-state index contributed by atoms with van der Waals surface area (Å²) in [5.74, 6) is 2.21. The van der Waals surface area contributed by atoms with Crippen molar-refractivity contribution in [1.82, 2.24) is 19.8 Å². The minimum Gasteiger partial charge on any atom is -0.491 e. The van der Waals surface area contributed by atoms with Crippen LogP contribution in [0.15, 0.2) is 36.5 Å². The Balaban J connectivity index is 1.44. The fourth-order valence-electron chi connectivity index (χ4n) is 3.70. The maximum absolute atomic E-state index is 9.89. The van der Waals surface area contributed by atoms with Crippen LogP contribution in [0.5, 0.6) is 5.75 Å². The van der Waals surface area contributed by atoms with Crippen LogP contribution in [0.1, 0.15) is 35.8 Å². The van der Waals surface area contributed by atoms with Crippen LogP contribution in [-0.4, -0.2) is 71.3 Å². The van der Waals surface area contributed by atoms with Crippen molar-refractivity contribution in [3.63, 3.8) is 0 Å². The van der Waals surface area contributed by atoms with E-state index in [0.29, 0.717) is 19.1 Å². The highest BCUT2D eigenvalue weighted by molar-refractivity contribution is 5.27. The standard InChI is InChI=1S/C22H32N4O2/c1-17-23-11-8-22(24-17)19-9-12-26(13-10-19)14-18-4-6-21(7-5-18)28-16-20(27)15-25(2)3/h4-8,11,19-20,27H,9-10,12-16H2,1-3H3/t20-/m0/s1. The molecule has 0 spiro atoms. The zero-order chi connectivity index (χ0) is 19.9. The number of aromatic nitrogens is 2. The van der Waals surface area contributed by atoms with E-state index in [9.17, 15) is 5.11 Å². The summed E-state index contributed by atoms with van der Waals surface area (Å²) >= 11 is 0. The lowest BCUT2D eigenvalue weighted by Gasteiger charge is -2.31. The average Bonchev–Trinajstić information content (AvgIpc) is 2.67. The lowest BCUT2D eigenvalue weighted by atomic mass is 9.93. The van der Waals surface area contributed by atoms with E-state index >= 15 is 0 Å². The predicted octanol–water partition coefficient (Wildman–Crippen LogP) is 2.47. The molecule has 0 bridgehead atoms. The van der Waals surface area contributed by atoms with Crippen molar-refractivity contribution >= 4 is 0 Å². The van der Waals surface area contributed by atoms with Crippen LogP contribution in [0.4, 0.5) is 0 Å². The molecular formula is C22H32N4O2. The van der Waals surface area contributed by atoms with E-state index in [2.05, 4.69) is 33.1 Å². The minimum atomic E-state index is -0.477. The number of likely N-dealkylation sites (N-methyl/N-ethyl adjacent to an activating group) is 1. The molecule has 3 rings (SSSR count). The van der Waals surface area contributed by atoms with Crippen molar-refractivity contribution in [1.29, 1.82) is 0 Å². The molecule has 1 saturated heterocycles. The molecule has 1 atom stereocenters. The van der Waals surface area contributed by atoms with Gasteiger partial charge in [0.05, 0.1) is 0 Å². The van der Waals surface area contributed by atoms with E-state index in [0.717, 1.165) is 44.0 Å². The van der Waals surface area contributed by atoms with Gasteiger partial charge in [0.1, 0.15) is 24.3 Å². The summed E-state index contributed by atoms with van der Waals surface area (Å²) in [5, 5.41) is 9.89. The summed E-state index contributed by atoms with van der Waals surface area (Å²) in [6.07, 6.45) is 3.67. The molecule has 28 heavy (non-hydrogen) atoms. The average molecular weight is 385 g/mol. The Morgan fingerprint density at radius 2 is 1.89 bits per heavy atom. The Kier molecular flexibility index (Phi) is 7.36. The Hall–Kier alpha value is -2.02. The molecule has 0 unspecified atom stereocenters. The molecule has 0 saturated carbocycles. The number of hydrogen-bond donors (Lipinski definition) is 1. The fraction of sp³-hybridized carbons (Fsp3) is 0.545. The maximum atomic E-state index is 9.89. The van der Waals surface area contributed by atoms with Crippen molar-refractivity contribution in [3.8, 4) is 5.75 Å². The molecule has 2 heterocycles. The summed E-state index contributed by atoms with van der Waals surface area (Å²) in [6, 6.07) is 10.3. The van der Waals surface area contributed by atoms with Gasteiger partial charge in [0, 0.05) is 30.9 Å². The van der Waals surface area contributed by atoms with Crippen LogP contribution in [-0.2, 0) is 6.54 Å². The molecule has 0 radical (unpaired) electrons. The van der Waals surface area contributed by atoms with Crippen molar-refractivity contribution in [2.24, 2.45) is 0 Å². The highest BCUT2D eigenvalue weighted by Crippen LogP contribution is 2.27. The summed E-state index contributed by atoms with van der Waals surface area (Å²) in [7, 11) is 3.88. The Morgan fingerprint density at radius 3 is 2.54 bits per heavy atom. The van der Waals surface area contributed by atoms with E-state index in [1.54, 1.807) is 0 Å². The van der Waals surface area contributed by atoms with Gasteiger partial charge in [-0.2, -0.15) is 0 Å². The van der Waals surface area contributed by atoms with Crippen LogP contribution in [0.2, 0.25) is 0 Å². The Labute approximate surface area is 168 Å². The third kappa shape index (κ3) is 6.26. The maximum Gasteiger partial charge on any atom is 0.125 e. The second kappa shape index (κ2) is 9.96. The molecule has 1 aliphatic rings. The number of likely N-dealkylation sites (tertiary alicyclic amines) is 1. The van der Waals surface area contributed by atoms with Crippen LogP contribution < -0.4 is 4.74 Å². The lowest BCUT2D eigenvalue weighted by molar-refractivity contribution is 0.0831. The molecule has 1 aromatic heterocycles. The zero-order valence-corrected chi connectivity index (χ0v) is 17.2. The third-order valence-corrected chi connectivity index (χ3v) is 5.15. The van der Waals surface area contributed by atoms with Gasteiger partial charge in [0.2, 0.25) is 0 Å². The Bertz CT molecular complexity index is 728. The summed E-state index contributed by atoms with van der Waals surface area (Å²) in [4.78, 5) is 13.2.